The molecule has 0 bridgehead atoms. The molecule has 0 saturated carbocycles. The Morgan fingerprint density at radius 2 is 2.12 bits per heavy atom. The highest BCUT2D eigenvalue weighted by Gasteiger charge is 2.31. The molecular formula is C11H9NO5. The Kier molecular flexibility index (Phi) is 2.78. The highest BCUT2D eigenvalue weighted by atomic mass is 16.6. The zero-order valence-electron chi connectivity index (χ0n) is 8.95. The average molecular weight is 235 g/mol. The summed E-state index contributed by atoms with van der Waals surface area (Å²) < 4.78 is 9.77. The van der Waals surface area contributed by atoms with E-state index in [1.807, 2.05) is 0 Å². The first kappa shape index (κ1) is 11.1. The van der Waals surface area contributed by atoms with Crippen molar-refractivity contribution in [1.29, 1.82) is 0 Å². The summed E-state index contributed by atoms with van der Waals surface area (Å²) in [6.07, 6.45) is 0.657. The Balaban J connectivity index is 2.40. The number of benzene rings is 1. The van der Waals surface area contributed by atoms with Gasteiger partial charge in [0.2, 0.25) is 5.76 Å². The van der Waals surface area contributed by atoms with E-state index in [1.165, 1.54) is 19.3 Å². The fraction of sp³-hybridized carbons (Fsp3) is 0.182. The number of carbonyl (C=O) groups is 1. The Labute approximate surface area is 96.6 Å². The van der Waals surface area contributed by atoms with Crippen LogP contribution in [-0.2, 0) is 14.3 Å². The molecule has 0 amide bonds. The molecule has 0 radical (unpaired) electrons. The number of carbonyl (C=O) groups excluding carboxylic acids is 1. The number of nitro groups is 1. The van der Waals surface area contributed by atoms with E-state index < -0.39 is 17.0 Å². The molecule has 1 aliphatic heterocycles. The molecule has 0 saturated heterocycles. The molecule has 0 spiro atoms. The van der Waals surface area contributed by atoms with Crippen molar-refractivity contribution in [3.8, 4) is 0 Å². The third-order valence-corrected chi connectivity index (χ3v) is 2.40. The lowest BCUT2D eigenvalue weighted by atomic mass is 10.1. The highest BCUT2D eigenvalue weighted by molar-refractivity contribution is 5.89. The maximum atomic E-state index is 11.3. The van der Waals surface area contributed by atoms with Crippen LogP contribution in [0.1, 0.15) is 11.7 Å². The number of nitrogens with zero attached hydrogens (tertiary/aromatic N) is 1. The number of cyclic esters (lactones) is 1. The van der Waals surface area contributed by atoms with Crippen LogP contribution >= 0.6 is 0 Å². The number of methoxy groups -OCH3 is 1. The van der Waals surface area contributed by atoms with E-state index in [2.05, 4.69) is 0 Å². The van der Waals surface area contributed by atoms with Gasteiger partial charge in [0.1, 0.15) is 0 Å². The highest BCUT2D eigenvalue weighted by Crippen LogP contribution is 2.33. The lowest BCUT2D eigenvalue weighted by Crippen LogP contribution is -2.05. The van der Waals surface area contributed by atoms with Crippen molar-refractivity contribution in [2.75, 3.05) is 7.11 Å². The minimum absolute atomic E-state index is 0.0631. The van der Waals surface area contributed by atoms with E-state index in [9.17, 15) is 14.9 Å². The number of esters is 1. The van der Waals surface area contributed by atoms with E-state index in [4.69, 9.17) is 9.47 Å². The van der Waals surface area contributed by atoms with Gasteiger partial charge in [0.15, 0.2) is 6.10 Å². The number of ether oxygens (including phenoxy) is 2. The topological polar surface area (TPSA) is 78.7 Å². The van der Waals surface area contributed by atoms with Crippen molar-refractivity contribution >= 4 is 11.7 Å². The lowest BCUT2D eigenvalue weighted by molar-refractivity contribution is -0.386. The third kappa shape index (κ3) is 1.96. The van der Waals surface area contributed by atoms with E-state index >= 15 is 0 Å². The smallest absolute Gasteiger partial charge is 0.374 e. The van der Waals surface area contributed by atoms with Gasteiger partial charge in [-0.1, -0.05) is 12.1 Å². The lowest BCUT2D eigenvalue weighted by Gasteiger charge is -2.07. The molecule has 1 atom stereocenters. The van der Waals surface area contributed by atoms with E-state index in [1.54, 1.807) is 18.2 Å². The summed E-state index contributed by atoms with van der Waals surface area (Å²) in [5.74, 6) is -0.552. The average Bonchev–Trinajstić information content (AvgIpc) is 2.70. The zero-order chi connectivity index (χ0) is 12.4. The van der Waals surface area contributed by atoms with Crippen LogP contribution in [0.2, 0.25) is 0 Å². The van der Waals surface area contributed by atoms with Crippen molar-refractivity contribution in [2.24, 2.45) is 0 Å². The molecule has 6 heteroatoms. The number of hydrogen-bond acceptors (Lipinski definition) is 5. The monoisotopic (exact) mass is 235 g/mol. The number of hydrogen-bond donors (Lipinski definition) is 0. The Hall–Kier alpha value is -2.37. The van der Waals surface area contributed by atoms with Crippen molar-refractivity contribution in [2.45, 2.75) is 6.10 Å². The third-order valence-electron chi connectivity index (χ3n) is 2.40. The molecule has 0 unspecified atom stereocenters. The van der Waals surface area contributed by atoms with Crippen LogP contribution in [0.15, 0.2) is 36.1 Å². The van der Waals surface area contributed by atoms with Crippen LogP contribution in [0.3, 0.4) is 0 Å². The minimum Gasteiger partial charge on any atom is -0.490 e. The number of rotatable bonds is 3. The van der Waals surface area contributed by atoms with Crippen molar-refractivity contribution in [3.05, 3.63) is 51.8 Å². The summed E-state index contributed by atoms with van der Waals surface area (Å²) in [5, 5.41) is 10.8. The van der Waals surface area contributed by atoms with Crippen LogP contribution in [0.5, 0.6) is 0 Å². The van der Waals surface area contributed by atoms with Crippen LogP contribution in [0, 0.1) is 10.1 Å². The van der Waals surface area contributed by atoms with Crippen molar-refractivity contribution in [3.63, 3.8) is 0 Å². The van der Waals surface area contributed by atoms with Gasteiger partial charge in [-0.25, -0.2) is 4.79 Å². The number of nitro benzene ring substituents is 1. The quantitative estimate of drug-likeness (QED) is 0.452. The van der Waals surface area contributed by atoms with Crippen molar-refractivity contribution in [1.82, 2.24) is 0 Å². The summed E-state index contributed by atoms with van der Waals surface area (Å²) in [7, 11) is 1.34. The molecule has 17 heavy (non-hydrogen) atoms. The maximum Gasteiger partial charge on any atom is 0.374 e. The fourth-order valence-electron chi connectivity index (χ4n) is 1.61. The Morgan fingerprint density at radius 1 is 1.41 bits per heavy atom. The molecule has 88 valence electrons. The predicted octanol–water partition coefficient (Wildman–Crippen LogP) is 1.72. The minimum atomic E-state index is -0.765. The molecule has 0 aliphatic carbocycles. The normalized spacial score (nSPS) is 18.5. The maximum absolute atomic E-state index is 11.3. The summed E-state index contributed by atoms with van der Waals surface area (Å²) in [6.45, 7) is 0. The van der Waals surface area contributed by atoms with Crippen molar-refractivity contribution < 1.29 is 19.2 Å². The van der Waals surface area contributed by atoms with Crippen LogP contribution in [0.4, 0.5) is 5.69 Å². The van der Waals surface area contributed by atoms with Gasteiger partial charge in [0, 0.05) is 12.1 Å². The second kappa shape index (κ2) is 4.25. The van der Waals surface area contributed by atoms with E-state index in [-0.39, 0.29) is 11.4 Å². The fourth-order valence-corrected chi connectivity index (χ4v) is 1.61. The van der Waals surface area contributed by atoms with Gasteiger partial charge < -0.3 is 9.47 Å². The van der Waals surface area contributed by atoms with Gasteiger partial charge in [0.25, 0.3) is 5.69 Å². The predicted molar refractivity (Wildman–Crippen MR) is 57.0 cm³/mol. The largest absolute Gasteiger partial charge is 0.490 e. The van der Waals surface area contributed by atoms with Crippen LogP contribution in [-0.4, -0.2) is 18.0 Å². The van der Waals surface area contributed by atoms with Gasteiger partial charge in [-0.2, -0.15) is 0 Å². The molecule has 0 N–H and O–H groups in total. The molecule has 0 fully saturated rings. The van der Waals surface area contributed by atoms with Gasteiger partial charge in [0.05, 0.1) is 17.6 Å². The first-order valence-electron chi connectivity index (χ1n) is 4.83. The van der Waals surface area contributed by atoms with Gasteiger partial charge in [-0.15, -0.1) is 0 Å². The molecular weight excluding hydrogens is 226 g/mol. The molecule has 1 heterocycles. The second-order valence-electron chi connectivity index (χ2n) is 3.38. The van der Waals surface area contributed by atoms with E-state index in [0.29, 0.717) is 5.56 Å². The first-order valence-corrected chi connectivity index (χ1v) is 4.83. The van der Waals surface area contributed by atoms with Crippen LogP contribution in [0.25, 0.3) is 0 Å². The van der Waals surface area contributed by atoms with Gasteiger partial charge >= 0.3 is 5.97 Å². The first-order chi connectivity index (χ1) is 8.13. The van der Waals surface area contributed by atoms with Gasteiger partial charge in [-0.05, 0) is 6.07 Å². The van der Waals surface area contributed by atoms with Gasteiger partial charge in [-0.3, -0.25) is 10.1 Å². The Bertz CT molecular complexity index is 508. The Morgan fingerprint density at radius 3 is 2.71 bits per heavy atom. The molecule has 1 aromatic carbocycles. The summed E-state index contributed by atoms with van der Waals surface area (Å²) in [5.41, 5.74) is 0.247. The molecule has 1 aliphatic rings. The molecule has 2 rings (SSSR count). The summed E-state index contributed by atoms with van der Waals surface area (Å²) >= 11 is 0. The second-order valence-corrected chi connectivity index (χ2v) is 3.38. The standard InChI is InChI=1S/C11H9NO5/c1-16-10-6-9(17-11(10)13)7-4-2-3-5-8(7)12(14)15/h2-6,9H,1H3/t9-/m1/s1. The summed E-state index contributed by atoms with van der Waals surface area (Å²) in [4.78, 5) is 21.6. The summed E-state index contributed by atoms with van der Waals surface area (Å²) in [6, 6.07) is 6.11. The zero-order valence-corrected chi connectivity index (χ0v) is 8.95. The molecule has 6 nitrogen and oxygen atoms in total. The number of para-hydroxylation sites is 1. The molecule has 1 aromatic rings. The molecule has 0 aromatic heterocycles. The van der Waals surface area contributed by atoms with E-state index in [0.717, 1.165) is 0 Å². The van der Waals surface area contributed by atoms with Crippen LogP contribution < -0.4 is 0 Å². The SMILES string of the molecule is COC1=C[C@H](c2ccccc2[N+](=O)[O-])OC1=O.